The molecule has 0 aliphatic carbocycles. The van der Waals surface area contributed by atoms with Gasteiger partial charge >= 0.3 is 12.0 Å². The molecule has 0 aromatic heterocycles. The first-order valence-corrected chi connectivity index (χ1v) is 6.28. The number of ether oxygens (including phenoxy) is 2. The van der Waals surface area contributed by atoms with Gasteiger partial charge in [0.15, 0.2) is 0 Å². The van der Waals surface area contributed by atoms with Crippen LogP contribution in [-0.4, -0.2) is 68.6 Å². The van der Waals surface area contributed by atoms with Crippen molar-refractivity contribution in [2.24, 2.45) is 5.92 Å². The van der Waals surface area contributed by atoms with Crippen LogP contribution in [0.25, 0.3) is 0 Å². The van der Waals surface area contributed by atoms with E-state index in [4.69, 9.17) is 14.6 Å². The standard InChI is InChI=1S/C12H24N2O5/c1-10(2)9-19-6-4-13-12(17)14(5-7-18-3)8-11(15)16/h10H,4-9H2,1-3H3,(H,13,17)(H,15,16). The highest BCUT2D eigenvalue weighted by atomic mass is 16.5. The third-order valence-corrected chi connectivity index (χ3v) is 2.15. The zero-order chi connectivity index (χ0) is 14.7. The van der Waals surface area contributed by atoms with Crippen LogP contribution in [0.15, 0.2) is 0 Å². The van der Waals surface area contributed by atoms with Gasteiger partial charge in [0.2, 0.25) is 0 Å². The fourth-order valence-corrected chi connectivity index (χ4v) is 1.28. The molecule has 0 spiro atoms. The number of rotatable bonds is 10. The molecule has 0 bridgehead atoms. The van der Waals surface area contributed by atoms with Crippen LogP contribution in [0.5, 0.6) is 0 Å². The number of carboxylic acid groups (broad SMARTS) is 1. The van der Waals surface area contributed by atoms with Crippen LogP contribution >= 0.6 is 0 Å². The summed E-state index contributed by atoms with van der Waals surface area (Å²) in [7, 11) is 1.50. The van der Waals surface area contributed by atoms with Crippen molar-refractivity contribution in [1.82, 2.24) is 10.2 Å². The number of nitrogens with zero attached hydrogens (tertiary/aromatic N) is 1. The second kappa shape index (κ2) is 10.6. The summed E-state index contributed by atoms with van der Waals surface area (Å²) in [5.41, 5.74) is 0. The first-order valence-electron chi connectivity index (χ1n) is 6.28. The van der Waals surface area contributed by atoms with Crippen LogP contribution in [0.3, 0.4) is 0 Å². The predicted octanol–water partition coefficient (Wildman–Crippen LogP) is 0.402. The lowest BCUT2D eigenvalue weighted by atomic mass is 10.2. The normalized spacial score (nSPS) is 10.5. The molecule has 0 aromatic rings. The molecule has 0 aromatic carbocycles. The van der Waals surface area contributed by atoms with E-state index in [9.17, 15) is 9.59 Å². The highest BCUT2D eigenvalue weighted by molar-refractivity contribution is 5.80. The molecular weight excluding hydrogens is 252 g/mol. The van der Waals surface area contributed by atoms with Crippen LogP contribution < -0.4 is 5.32 Å². The molecular formula is C12H24N2O5. The Morgan fingerprint density at radius 1 is 1.32 bits per heavy atom. The number of carbonyl (C=O) groups excluding carboxylic acids is 1. The number of methoxy groups -OCH3 is 1. The van der Waals surface area contributed by atoms with Gasteiger partial charge in [-0.1, -0.05) is 13.8 Å². The van der Waals surface area contributed by atoms with Gasteiger partial charge in [0, 0.05) is 26.8 Å². The largest absolute Gasteiger partial charge is 0.480 e. The van der Waals surface area contributed by atoms with E-state index in [2.05, 4.69) is 5.32 Å². The monoisotopic (exact) mass is 276 g/mol. The lowest BCUT2D eigenvalue weighted by Gasteiger charge is -2.20. The van der Waals surface area contributed by atoms with Crippen molar-refractivity contribution in [3.05, 3.63) is 0 Å². The number of carboxylic acids is 1. The van der Waals surface area contributed by atoms with Gasteiger partial charge < -0.3 is 24.8 Å². The van der Waals surface area contributed by atoms with Crippen molar-refractivity contribution < 1.29 is 24.2 Å². The molecule has 19 heavy (non-hydrogen) atoms. The van der Waals surface area contributed by atoms with Crippen LogP contribution in [0.2, 0.25) is 0 Å². The number of nitrogens with one attached hydrogen (secondary N) is 1. The number of hydrogen-bond donors (Lipinski definition) is 2. The average molecular weight is 276 g/mol. The molecule has 0 saturated heterocycles. The fourth-order valence-electron chi connectivity index (χ4n) is 1.28. The number of urea groups is 1. The minimum atomic E-state index is -1.05. The molecule has 0 aliphatic heterocycles. The van der Waals surface area contributed by atoms with Crippen molar-refractivity contribution in [1.29, 1.82) is 0 Å². The van der Waals surface area contributed by atoms with Gasteiger partial charge in [-0.15, -0.1) is 0 Å². The van der Waals surface area contributed by atoms with E-state index in [1.54, 1.807) is 0 Å². The minimum absolute atomic E-state index is 0.238. The maximum Gasteiger partial charge on any atom is 0.323 e. The topological polar surface area (TPSA) is 88.1 Å². The summed E-state index contributed by atoms with van der Waals surface area (Å²) < 4.78 is 10.1. The van der Waals surface area contributed by atoms with Gasteiger partial charge in [0.25, 0.3) is 0 Å². The summed E-state index contributed by atoms with van der Waals surface area (Å²) in [6.07, 6.45) is 0. The maximum atomic E-state index is 11.7. The molecule has 2 amide bonds. The van der Waals surface area contributed by atoms with E-state index in [0.29, 0.717) is 32.3 Å². The van der Waals surface area contributed by atoms with Crippen molar-refractivity contribution >= 4 is 12.0 Å². The van der Waals surface area contributed by atoms with Crippen LogP contribution in [-0.2, 0) is 14.3 Å². The lowest BCUT2D eigenvalue weighted by Crippen LogP contribution is -2.45. The Balaban J connectivity index is 3.92. The Labute approximate surface area is 113 Å². The smallest absolute Gasteiger partial charge is 0.323 e. The van der Waals surface area contributed by atoms with Gasteiger partial charge in [-0.05, 0) is 5.92 Å². The third kappa shape index (κ3) is 10.3. The zero-order valence-corrected chi connectivity index (χ0v) is 11.8. The number of carbonyl (C=O) groups is 2. The van der Waals surface area contributed by atoms with Crippen LogP contribution in [0, 0.1) is 5.92 Å². The molecule has 7 nitrogen and oxygen atoms in total. The van der Waals surface area contributed by atoms with E-state index in [0.717, 1.165) is 0 Å². The summed E-state index contributed by atoms with van der Waals surface area (Å²) in [5, 5.41) is 11.3. The molecule has 0 atom stereocenters. The van der Waals surface area contributed by atoms with Crippen molar-refractivity contribution in [2.45, 2.75) is 13.8 Å². The number of amides is 2. The summed E-state index contributed by atoms with van der Waals surface area (Å²) in [6.45, 7) is 5.67. The molecule has 2 N–H and O–H groups in total. The summed E-state index contributed by atoms with van der Waals surface area (Å²) >= 11 is 0. The molecule has 0 saturated carbocycles. The Kier molecular flexibility index (Phi) is 9.82. The quantitative estimate of drug-likeness (QED) is 0.564. The highest BCUT2D eigenvalue weighted by Crippen LogP contribution is 1.92. The van der Waals surface area contributed by atoms with Crippen LogP contribution in [0.4, 0.5) is 4.79 Å². The number of aliphatic carboxylic acids is 1. The molecule has 0 aliphatic rings. The van der Waals surface area contributed by atoms with Crippen molar-refractivity contribution in [3.8, 4) is 0 Å². The molecule has 7 heteroatoms. The zero-order valence-electron chi connectivity index (χ0n) is 11.8. The second-order valence-electron chi connectivity index (χ2n) is 4.51. The molecule has 0 heterocycles. The van der Waals surface area contributed by atoms with Crippen LogP contribution in [0.1, 0.15) is 13.8 Å². The van der Waals surface area contributed by atoms with Gasteiger partial charge in [-0.25, -0.2) is 4.79 Å². The Morgan fingerprint density at radius 3 is 2.53 bits per heavy atom. The fraction of sp³-hybridized carbons (Fsp3) is 0.833. The number of hydrogen-bond acceptors (Lipinski definition) is 4. The van der Waals surface area contributed by atoms with Gasteiger partial charge in [0.1, 0.15) is 6.54 Å². The Morgan fingerprint density at radius 2 is 2.00 bits per heavy atom. The molecule has 112 valence electrons. The van der Waals surface area contributed by atoms with E-state index in [1.165, 1.54) is 12.0 Å². The van der Waals surface area contributed by atoms with Gasteiger partial charge in [-0.2, -0.15) is 0 Å². The third-order valence-electron chi connectivity index (χ3n) is 2.15. The predicted molar refractivity (Wildman–Crippen MR) is 70.1 cm³/mol. The summed E-state index contributed by atoms with van der Waals surface area (Å²) in [4.78, 5) is 23.6. The lowest BCUT2D eigenvalue weighted by molar-refractivity contribution is -0.137. The molecule has 0 radical (unpaired) electrons. The minimum Gasteiger partial charge on any atom is -0.480 e. The first-order chi connectivity index (χ1) is 8.97. The van der Waals surface area contributed by atoms with E-state index in [-0.39, 0.29) is 13.1 Å². The van der Waals surface area contributed by atoms with Crippen molar-refractivity contribution in [2.75, 3.05) is 46.6 Å². The first kappa shape index (κ1) is 17.7. The second-order valence-corrected chi connectivity index (χ2v) is 4.51. The Hall–Kier alpha value is -1.34. The SMILES string of the molecule is COCCN(CC(=O)O)C(=O)NCCOCC(C)C. The molecule has 0 unspecified atom stereocenters. The van der Waals surface area contributed by atoms with E-state index >= 15 is 0 Å². The van der Waals surface area contributed by atoms with Crippen molar-refractivity contribution in [3.63, 3.8) is 0 Å². The molecule has 0 rings (SSSR count). The maximum absolute atomic E-state index is 11.7. The summed E-state index contributed by atoms with van der Waals surface area (Å²) in [6, 6.07) is -0.424. The highest BCUT2D eigenvalue weighted by Gasteiger charge is 2.15. The van der Waals surface area contributed by atoms with Gasteiger partial charge in [0.05, 0.1) is 13.2 Å². The van der Waals surface area contributed by atoms with E-state index < -0.39 is 12.0 Å². The Bertz CT molecular complexity index is 271. The van der Waals surface area contributed by atoms with Gasteiger partial charge in [-0.3, -0.25) is 4.79 Å². The molecule has 0 fully saturated rings. The average Bonchev–Trinajstić information content (AvgIpc) is 2.32. The summed E-state index contributed by atoms with van der Waals surface area (Å²) in [5.74, 6) is -0.608. The van der Waals surface area contributed by atoms with E-state index in [1.807, 2.05) is 13.8 Å².